The molecule has 1 aliphatic rings. The van der Waals surface area contributed by atoms with Gasteiger partial charge in [0.2, 0.25) is 5.91 Å². The number of carbonyl (C=O) groups is 2. The molecule has 0 aromatic carbocycles. The number of nitrogens with one attached hydrogen (secondary N) is 1. The number of hydrogen-bond donors (Lipinski definition) is 6. The monoisotopic (exact) mass is 1340 g/mol. The van der Waals surface area contributed by atoms with Crippen LogP contribution in [0.1, 0.15) is 425 Å². The van der Waals surface area contributed by atoms with Crippen LogP contribution in [-0.2, 0) is 23.8 Å². The van der Waals surface area contributed by atoms with Crippen LogP contribution in [-0.4, -0.2) is 99.6 Å². The summed E-state index contributed by atoms with van der Waals surface area (Å²) in [5.74, 6) is -1.17. The van der Waals surface area contributed by atoms with Crippen LogP contribution in [0.3, 0.4) is 0 Å². The van der Waals surface area contributed by atoms with E-state index >= 15 is 0 Å². The summed E-state index contributed by atoms with van der Waals surface area (Å²) in [7, 11) is 0. The van der Waals surface area contributed by atoms with Crippen molar-refractivity contribution in [3.8, 4) is 0 Å². The average molecular weight is 1340 g/mol. The maximum Gasteiger partial charge on any atom is 0.306 e. The Morgan fingerprint density at radius 3 is 1.02 bits per heavy atom. The Labute approximate surface area is 587 Å². The summed E-state index contributed by atoms with van der Waals surface area (Å²) in [5.41, 5.74) is 0. The molecule has 6 N–H and O–H groups in total. The molecule has 95 heavy (non-hydrogen) atoms. The molecule has 11 heteroatoms. The maximum atomic E-state index is 13.6. The molecule has 1 saturated heterocycles. The van der Waals surface area contributed by atoms with Crippen molar-refractivity contribution in [2.24, 2.45) is 0 Å². The molecule has 0 saturated carbocycles. The highest BCUT2D eigenvalue weighted by Gasteiger charge is 2.47. The van der Waals surface area contributed by atoms with E-state index in [9.17, 15) is 35.1 Å². The number of aliphatic hydroxyl groups is 5. The normalized spacial score (nSPS) is 17.8. The van der Waals surface area contributed by atoms with Gasteiger partial charge < -0.3 is 45.1 Å². The fourth-order valence-corrected chi connectivity index (χ4v) is 13.5. The van der Waals surface area contributed by atoms with Gasteiger partial charge in [0.15, 0.2) is 12.4 Å². The molecule has 0 aromatic heterocycles. The largest absolute Gasteiger partial charge is 0.454 e. The van der Waals surface area contributed by atoms with E-state index in [1.54, 1.807) is 6.08 Å². The topological polar surface area (TPSA) is 175 Å². The molecule has 0 aromatic rings. The fraction of sp³-hybridized carbons (Fsp3) is 0.905. The number of amides is 1. The van der Waals surface area contributed by atoms with Gasteiger partial charge in [-0.05, 0) is 77.0 Å². The first-order valence-electron chi connectivity index (χ1n) is 41.8. The van der Waals surface area contributed by atoms with Crippen LogP contribution in [0.15, 0.2) is 36.5 Å². The minimum Gasteiger partial charge on any atom is -0.454 e. The first-order valence-corrected chi connectivity index (χ1v) is 41.8. The number of allylic oxidation sites excluding steroid dienone is 5. The van der Waals surface area contributed by atoms with Gasteiger partial charge in [0.05, 0.1) is 25.4 Å². The summed E-state index contributed by atoms with van der Waals surface area (Å²) in [5, 5.41) is 57.5. The van der Waals surface area contributed by atoms with Gasteiger partial charge in [0, 0.05) is 6.42 Å². The average Bonchev–Trinajstić information content (AvgIpc) is 0.823. The first kappa shape index (κ1) is 90.9. The number of esters is 1. The zero-order valence-corrected chi connectivity index (χ0v) is 62.8. The number of hydrogen-bond acceptors (Lipinski definition) is 10. The standard InChI is InChI=1S/C84H159NO10/c1-4-7-10-13-16-19-22-25-27-29-31-33-35-37-39-41-43-45-47-49-51-54-57-60-63-66-69-72-79(89)95-82-81(91)80(90)78(73-86)94-84(82)93-74-75(76(87)70-67-64-61-58-55-52-24-21-18-15-12-9-6-3)85-83(92)77(88)71-68-65-62-59-56-53-50-48-46-44-42-40-38-36-34-32-30-28-26-23-20-17-14-11-8-5-2/h25-28,67,70,75-78,80-82,84,86-88,90-91H,4-24,29-66,68-69,71-74H2,1-3H3,(H,85,92)/b27-25+,28-26+,70-67+. The zero-order valence-electron chi connectivity index (χ0n) is 62.8. The van der Waals surface area contributed by atoms with Gasteiger partial charge >= 0.3 is 5.97 Å². The molecule has 1 rings (SSSR count). The van der Waals surface area contributed by atoms with Crippen molar-refractivity contribution in [2.75, 3.05) is 13.2 Å². The molecule has 1 amide bonds. The van der Waals surface area contributed by atoms with Crippen LogP contribution in [0.5, 0.6) is 0 Å². The van der Waals surface area contributed by atoms with Gasteiger partial charge in [0.25, 0.3) is 0 Å². The first-order chi connectivity index (χ1) is 46.7. The van der Waals surface area contributed by atoms with Crippen LogP contribution in [0.2, 0.25) is 0 Å². The van der Waals surface area contributed by atoms with Gasteiger partial charge in [-0.3, -0.25) is 9.59 Å². The number of ether oxygens (including phenoxy) is 3. The maximum absolute atomic E-state index is 13.6. The molecule has 1 fully saturated rings. The summed E-state index contributed by atoms with van der Waals surface area (Å²) in [6, 6.07) is -1.02. The Bertz CT molecular complexity index is 1690. The van der Waals surface area contributed by atoms with Crippen molar-refractivity contribution in [1.82, 2.24) is 5.32 Å². The molecule has 560 valence electrons. The van der Waals surface area contributed by atoms with Gasteiger partial charge in [0.1, 0.15) is 24.4 Å². The van der Waals surface area contributed by atoms with E-state index in [4.69, 9.17) is 14.2 Å². The van der Waals surface area contributed by atoms with Gasteiger partial charge in [-0.15, -0.1) is 0 Å². The summed E-state index contributed by atoms with van der Waals surface area (Å²) in [6.45, 7) is 5.87. The number of carbonyl (C=O) groups excluding carboxylic acids is 2. The van der Waals surface area contributed by atoms with E-state index in [0.29, 0.717) is 19.3 Å². The fourth-order valence-electron chi connectivity index (χ4n) is 13.5. The van der Waals surface area contributed by atoms with E-state index < -0.39 is 67.4 Å². The molecule has 8 atom stereocenters. The number of aliphatic hydroxyl groups excluding tert-OH is 5. The highest BCUT2D eigenvalue weighted by atomic mass is 16.7. The lowest BCUT2D eigenvalue weighted by Crippen LogP contribution is -2.61. The van der Waals surface area contributed by atoms with E-state index in [1.807, 2.05) is 6.08 Å². The highest BCUT2D eigenvalue weighted by molar-refractivity contribution is 5.80. The lowest BCUT2D eigenvalue weighted by molar-refractivity contribution is -0.305. The third-order valence-corrected chi connectivity index (χ3v) is 20.0. The molecule has 0 spiro atoms. The highest BCUT2D eigenvalue weighted by Crippen LogP contribution is 2.27. The minimum atomic E-state index is -1.61. The van der Waals surface area contributed by atoms with Crippen LogP contribution < -0.4 is 5.32 Å². The van der Waals surface area contributed by atoms with Gasteiger partial charge in [-0.2, -0.15) is 0 Å². The molecular formula is C84H159NO10. The molecule has 0 bridgehead atoms. The SMILES string of the molecule is CCCCCCCC/C=C/CCCCCCCCCCCCCCCCCCCC(=O)OC1C(OCC(NC(=O)C(O)CCCCCCCCCCCCCCCCCC/C=C/CCCCCCCC)C(O)/C=C/CCCCCCCCCCCCC)OC(CO)C(O)C1O. The molecular weight excluding hydrogens is 1180 g/mol. The van der Waals surface area contributed by atoms with Crippen molar-refractivity contribution >= 4 is 11.9 Å². The third kappa shape index (κ3) is 58.3. The van der Waals surface area contributed by atoms with Crippen LogP contribution in [0, 0.1) is 0 Å². The smallest absolute Gasteiger partial charge is 0.306 e. The Morgan fingerprint density at radius 2 is 0.695 bits per heavy atom. The zero-order chi connectivity index (χ0) is 68.8. The van der Waals surface area contributed by atoms with Crippen molar-refractivity contribution < 1.29 is 49.3 Å². The van der Waals surface area contributed by atoms with E-state index in [-0.39, 0.29) is 13.0 Å². The molecule has 1 heterocycles. The quantitative estimate of drug-likeness (QED) is 0.0195. The van der Waals surface area contributed by atoms with Crippen LogP contribution in [0.4, 0.5) is 0 Å². The Hall–Kier alpha value is -2.12. The van der Waals surface area contributed by atoms with Crippen molar-refractivity contribution in [2.45, 2.75) is 474 Å². The lowest BCUT2D eigenvalue weighted by Gasteiger charge is -2.41. The van der Waals surface area contributed by atoms with Gasteiger partial charge in [-0.1, -0.05) is 378 Å². The van der Waals surface area contributed by atoms with Crippen LogP contribution >= 0.6 is 0 Å². The van der Waals surface area contributed by atoms with Gasteiger partial charge in [-0.25, -0.2) is 0 Å². The molecule has 8 unspecified atom stereocenters. The summed E-state index contributed by atoms with van der Waals surface area (Å²) >= 11 is 0. The van der Waals surface area contributed by atoms with Crippen LogP contribution in [0.25, 0.3) is 0 Å². The molecule has 0 aliphatic carbocycles. The van der Waals surface area contributed by atoms with Crippen molar-refractivity contribution in [1.29, 1.82) is 0 Å². The molecule has 0 radical (unpaired) electrons. The summed E-state index contributed by atoms with van der Waals surface area (Å²) in [4.78, 5) is 26.8. The van der Waals surface area contributed by atoms with E-state index in [0.717, 1.165) is 57.8 Å². The van der Waals surface area contributed by atoms with E-state index in [2.05, 4.69) is 50.4 Å². The van der Waals surface area contributed by atoms with Crippen molar-refractivity contribution in [3.63, 3.8) is 0 Å². The summed E-state index contributed by atoms with van der Waals surface area (Å²) < 4.78 is 17.8. The Balaban J connectivity index is 2.47. The number of unbranched alkanes of at least 4 members (excludes halogenated alkanes) is 56. The second-order valence-electron chi connectivity index (χ2n) is 29.2. The molecule has 11 nitrogen and oxygen atoms in total. The van der Waals surface area contributed by atoms with E-state index in [1.165, 1.54) is 321 Å². The summed E-state index contributed by atoms with van der Waals surface area (Å²) in [6.07, 6.45) is 80.7. The second-order valence-corrected chi connectivity index (χ2v) is 29.2. The molecule has 1 aliphatic heterocycles. The van der Waals surface area contributed by atoms with Crippen molar-refractivity contribution in [3.05, 3.63) is 36.5 Å². The minimum absolute atomic E-state index is 0.129. The lowest BCUT2D eigenvalue weighted by atomic mass is 9.99. The Morgan fingerprint density at radius 1 is 0.400 bits per heavy atom. The third-order valence-electron chi connectivity index (χ3n) is 20.0. The predicted octanol–water partition coefficient (Wildman–Crippen LogP) is 22.9. The number of rotatable bonds is 74. The second kappa shape index (κ2) is 71.7. The Kier molecular flexibility index (Phi) is 68.6. The predicted molar refractivity (Wildman–Crippen MR) is 403 cm³/mol.